The number of carboxylic acids is 1. The molecule has 0 saturated carbocycles. The summed E-state index contributed by atoms with van der Waals surface area (Å²) in [4.78, 5) is 49.6. The van der Waals surface area contributed by atoms with Crippen molar-refractivity contribution in [2.24, 2.45) is 0 Å². The lowest BCUT2D eigenvalue weighted by Crippen LogP contribution is -2.70. The van der Waals surface area contributed by atoms with Crippen molar-refractivity contribution in [2.75, 3.05) is 7.05 Å². The third kappa shape index (κ3) is 5.30. The van der Waals surface area contributed by atoms with Crippen LogP contribution in [0.1, 0.15) is 55.9 Å². The summed E-state index contributed by atoms with van der Waals surface area (Å²) in [6, 6.07) is 10.6. The smallest absolute Gasteiger partial charge is 0.349 e. The molecule has 2 aromatic rings. The standard InChI is InChI=1S/C32H35NO12/c1-4-31-24-18-10-11-19(34)26(24)44-27(31)21(12-13-32(31,41)22(14-18)33-3)43-23(36)15-20(35)30(40)42-16(2)29(39)45-25(28(37)38)17-8-6-5-7-9-17/h5-12,16,20,22,25,27,33-35,41H,4,13-15H2,1-3H3,(H,37,38)/t16-,20-,22+,25-,27-,31-,32+/m0/s1. The van der Waals surface area contributed by atoms with Gasteiger partial charge in [0.15, 0.2) is 29.8 Å². The lowest BCUT2D eigenvalue weighted by Gasteiger charge is -2.56. The van der Waals surface area contributed by atoms with E-state index in [9.17, 15) is 39.6 Å². The van der Waals surface area contributed by atoms with Crippen LogP contribution in [0.2, 0.25) is 0 Å². The van der Waals surface area contributed by atoms with Crippen LogP contribution in [0, 0.1) is 0 Å². The molecule has 3 aliphatic rings. The first-order valence-corrected chi connectivity index (χ1v) is 14.6. The highest BCUT2D eigenvalue weighted by Crippen LogP contribution is 2.63. The SMILES string of the molecule is CC[C@]12c3c4ccc(O)c3O[C@H]1C(OC(=O)C[C@H](O)C(=O)O[C@@H](C)C(=O)O[C@H](C(=O)O)c1ccccc1)=CC[C@@]2(O)[C@H](NC)C4. The number of carbonyl (C=O) groups is 4. The summed E-state index contributed by atoms with van der Waals surface area (Å²) in [6.07, 6.45) is -4.64. The molecule has 2 aliphatic carbocycles. The number of likely N-dealkylation sites (N-methyl/N-ethyl adjacent to an activating group) is 1. The molecule has 0 bridgehead atoms. The van der Waals surface area contributed by atoms with Gasteiger partial charge in [-0.25, -0.2) is 14.4 Å². The largest absolute Gasteiger partial charge is 0.504 e. The number of carboxylic acid groups (broad SMARTS) is 1. The van der Waals surface area contributed by atoms with Crippen molar-refractivity contribution >= 4 is 23.9 Å². The summed E-state index contributed by atoms with van der Waals surface area (Å²) in [5, 5.41) is 45.8. The van der Waals surface area contributed by atoms with E-state index >= 15 is 0 Å². The Bertz CT molecular complexity index is 1540. The molecule has 5 rings (SSSR count). The quantitative estimate of drug-likeness (QED) is 0.178. The van der Waals surface area contributed by atoms with Crippen molar-refractivity contribution < 1.29 is 58.6 Å². The Morgan fingerprint density at radius 1 is 1.09 bits per heavy atom. The molecule has 1 heterocycles. The van der Waals surface area contributed by atoms with Gasteiger partial charge in [-0.2, -0.15) is 0 Å². The number of esters is 3. The summed E-state index contributed by atoms with van der Waals surface area (Å²) in [7, 11) is 1.75. The summed E-state index contributed by atoms with van der Waals surface area (Å²) < 4.78 is 21.7. The molecular formula is C32H35NO12. The number of aliphatic hydroxyl groups excluding tert-OH is 1. The molecule has 0 unspecified atom stereocenters. The number of aromatic hydroxyl groups is 1. The van der Waals surface area contributed by atoms with E-state index < -0.39 is 65.7 Å². The summed E-state index contributed by atoms with van der Waals surface area (Å²) >= 11 is 0. The van der Waals surface area contributed by atoms with Crippen LogP contribution in [0.3, 0.4) is 0 Å². The first kappa shape index (κ1) is 31.9. The molecule has 0 fully saturated rings. The van der Waals surface area contributed by atoms with Crippen LogP contribution in [0.25, 0.3) is 0 Å². The third-order valence-corrected chi connectivity index (χ3v) is 8.95. The molecule has 0 amide bonds. The van der Waals surface area contributed by atoms with Crippen molar-refractivity contribution in [1.29, 1.82) is 0 Å². The average Bonchev–Trinajstić information content (AvgIpc) is 3.39. The summed E-state index contributed by atoms with van der Waals surface area (Å²) in [5.74, 6) is -4.81. The van der Waals surface area contributed by atoms with E-state index in [1.54, 1.807) is 31.3 Å². The van der Waals surface area contributed by atoms with E-state index in [2.05, 4.69) is 5.32 Å². The highest BCUT2D eigenvalue weighted by Gasteiger charge is 2.69. The Morgan fingerprint density at radius 3 is 2.44 bits per heavy atom. The van der Waals surface area contributed by atoms with Crippen molar-refractivity contribution in [1.82, 2.24) is 5.32 Å². The molecule has 0 saturated heterocycles. The zero-order valence-electron chi connectivity index (χ0n) is 24.9. The number of phenols is 1. The lowest BCUT2D eigenvalue weighted by atomic mass is 9.52. The minimum absolute atomic E-state index is 0.0583. The molecule has 7 atom stereocenters. The summed E-state index contributed by atoms with van der Waals surface area (Å²) in [6.45, 7) is 3.01. The monoisotopic (exact) mass is 625 g/mol. The Labute approximate surface area is 258 Å². The first-order chi connectivity index (χ1) is 21.4. The molecule has 13 heteroatoms. The van der Waals surface area contributed by atoms with Crippen molar-refractivity contribution in [3.05, 3.63) is 71.0 Å². The number of carbonyl (C=O) groups excluding carboxylic acids is 3. The van der Waals surface area contributed by atoms with Crippen LogP contribution in [-0.2, 0) is 45.2 Å². The third-order valence-electron chi connectivity index (χ3n) is 8.95. The number of aliphatic hydroxyl groups is 2. The normalized spacial score (nSPS) is 26.3. The predicted molar refractivity (Wildman–Crippen MR) is 154 cm³/mol. The van der Waals surface area contributed by atoms with Gasteiger partial charge in [-0.05, 0) is 44.5 Å². The second kappa shape index (κ2) is 12.1. The second-order valence-electron chi connectivity index (χ2n) is 11.4. The van der Waals surface area contributed by atoms with E-state index in [1.165, 1.54) is 24.3 Å². The zero-order valence-corrected chi connectivity index (χ0v) is 24.9. The van der Waals surface area contributed by atoms with Crippen molar-refractivity contribution in [3.8, 4) is 11.5 Å². The van der Waals surface area contributed by atoms with Gasteiger partial charge in [-0.3, -0.25) is 4.79 Å². The molecule has 0 aromatic heterocycles. The predicted octanol–water partition coefficient (Wildman–Crippen LogP) is 1.56. The molecule has 45 heavy (non-hydrogen) atoms. The van der Waals surface area contributed by atoms with E-state index in [4.69, 9.17) is 18.9 Å². The number of aliphatic carboxylic acids is 1. The highest BCUT2D eigenvalue weighted by molar-refractivity contribution is 5.86. The van der Waals surface area contributed by atoms with E-state index in [1.807, 2.05) is 6.92 Å². The van der Waals surface area contributed by atoms with Gasteiger partial charge < -0.3 is 44.7 Å². The number of rotatable bonds is 11. The molecule has 0 spiro atoms. The Hall–Kier alpha value is -4.46. The maximum Gasteiger partial charge on any atom is 0.349 e. The maximum absolute atomic E-state index is 12.9. The molecule has 240 valence electrons. The van der Waals surface area contributed by atoms with Crippen LogP contribution < -0.4 is 10.1 Å². The zero-order chi connectivity index (χ0) is 32.7. The van der Waals surface area contributed by atoms with Gasteiger partial charge in [-0.15, -0.1) is 0 Å². The molecule has 0 radical (unpaired) electrons. The topological polar surface area (TPSA) is 198 Å². The lowest BCUT2D eigenvalue weighted by molar-refractivity contribution is -0.180. The van der Waals surface area contributed by atoms with Crippen LogP contribution in [0.5, 0.6) is 11.5 Å². The number of nitrogens with one attached hydrogen (secondary N) is 1. The number of hydrogen-bond donors (Lipinski definition) is 5. The van der Waals surface area contributed by atoms with E-state index in [0.29, 0.717) is 18.4 Å². The molecule has 2 aromatic carbocycles. The minimum Gasteiger partial charge on any atom is -0.504 e. The van der Waals surface area contributed by atoms with Gasteiger partial charge in [0.05, 0.1) is 17.4 Å². The van der Waals surface area contributed by atoms with Crippen molar-refractivity contribution in [2.45, 2.75) is 81.0 Å². The minimum atomic E-state index is -2.03. The Kier molecular flexibility index (Phi) is 8.62. The fraction of sp³-hybridized carbons (Fsp3) is 0.438. The number of phenolic OH excluding ortho intramolecular Hbond substituents is 1. The fourth-order valence-electron chi connectivity index (χ4n) is 6.79. The number of benzene rings is 2. The van der Waals surface area contributed by atoms with Gasteiger partial charge in [0.2, 0.25) is 6.10 Å². The fourth-order valence-corrected chi connectivity index (χ4v) is 6.79. The maximum atomic E-state index is 12.9. The van der Waals surface area contributed by atoms with E-state index in [-0.39, 0.29) is 35.3 Å². The van der Waals surface area contributed by atoms with Gasteiger partial charge >= 0.3 is 23.9 Å². The van der Waals surface area contributed by atoms with E-state index in [0.717, 1.165) is 12.5 Å². The molecule has 5 N–H and O–H groups in total. The Morgan fingerprint density at radius 2 is 1.80 bits per heavy atom. The highest BCUT2D eigenvalue weighted by atomic mass is 16.6. The second-order valence-corrected chi connectivity index (χ2v) is 11.4. The number of hydrogen-bond acceptors (Lipinski definition) is 12. The molecule has 1 aliphatic heterocycles. The first-order valence-electron chi connectivity index (χ1n) is 14.6. The average molecular weight is 626 g/mol. The molecule has 13 nitrogen and oxygen atoms in total. The van der Waals surface area contributed by atoms with Crippen molar-refractivity contribution in [3.63, 3.8) is 0 Å². The summed E-state index contributed by atoms with van der Waals surface area (Å²) in [5.41, 5.74) is -0.693. The van der Waals surface area contributed by atoms with Gasteiger partial charge in [-0.1, -0.05) is 43.3 Å². The van der Waals surface area contributed by atoms with Gasteiger partial charge in [0.25, 0.3) is 0 Å². The van der Waals surface area contributed by atoms with Crippen LogP contribution in [-0.4, -0.2) is 81.3 Å². The molecular weight excluding hydrogens is 590 g/mol. The van der Waals surface area contributed by atoms with Gasteiger partial charge in [0.1, 0.15) is 5.76 Å². The van der Waals surface area contributed by atoms with Crippen LogP contribution in [0.4, 0.5) is 0 Å². The van der Waals surface area contributed by atoms with Crippen LogP contribution >= 0.6 is 0 Å². The number of ether oxygens (including phenoxy) is 4. The van der Waals surface area contributed by atoms with Gasteiger partial charge in [0, 0.05) is 23.6 Å². The Balaban J connectivity index is 1.25. The van der Waals surface area contributed by atoms with Crippen LogP contribution in [0.15, 0.2) is 54.3 Å².